The quantitative estimate of drug-likeness (QED) is 0.285. The molecular weight excluding hydrogens is 510 g/mol. The van der Waals surface area contributed by atoms with Gasteiger partial charge in [-0.2, -0.15) is 0 Å². The third kappa shape index (κ3) is 863. The molecule has 0 heterocycles. The molecule has 0 rings (SSSR count). The van der Waals surface area contributed by atoms with Crippen molar-refractivity contribution in [2.24, 2.45) is 0 Å². The van der Waals surface area contributed by atoms with Crippen molar-refractivity contribution in [1.82, 2.24) is 0 Å². The second-order valence-electron chi connectivity index (χ2n) is 0.750. The summed E-state index contributed by atoms with van der Waals surface area (Å²) in [6.07, 6.45) is 0. The van der Waals surface area contributed by atoms with Crippen LogP contribution in [0.15, 0.2) is 0 Å². The first-order chi connectivity index (χ1) is 5.20. The van der Waals surface area contributed by atoms with Gasteiger partial charge in [0.05, 0.1) is 0 Å². The Morgan fingerprint density at radius 2 is 0.500 bits per heavy atom. The molecule has 0 aromatic rings. The van der Waals surface area contributed by atoms with E-state index in [4.69, 9.17) is 42.2 Å². The molecule has 0 aliphatic rings. The van der Waals surface area contributed by atoms with Crippen molar-refractivity contribution in [1.29, 1.82) is 0 Å². The van der Waals surface area contributed by atoms with Crippen molar-refractivity contribution in [3.05, 3.63) is 0 Å². The van der Waals surface area contributed by atoms with E-state index < -0.39 is 27.5 Å². The molecule has 72 valence electrons. The molecule has 0 aliphatic carbocycles. The first-order valence-electron chi connectivity index (χ1n) is 1.84. The van der Waals surface area contributed by atoms with Crippen LogP contribution >= 0.6 is 0 Å². The topological polar surface area (TPSA) is 190 Å². The summed E-state index contributed by atoms with van der Waals surface area (Å²) in [5, 5.41) is 0. The van der Waals surface area contributed by atoms with Crippen molar-refractivity contribution >= 4 is 27.5 Å². The maximum absolute atomic E-state index is 8.52. The molecule has 0 amide bonds. The molecule has 0 fully saturated rings. The number of hydrogen-bond acceptors (Lipinski definition) is 9. The van der Waals surface area contributed by atoms with Gasteiger partial charge in [-0.05, 0) is 0 Å². The van der Waals surface area contributed by atoms with Crippen LogP contribution in [0, 0.1) is 82.6 Å². The fourth-order valence-electron chi connectivity index (χ4n) is 0. The van der Waals surface area contributed by atoms with Gasteiger partial charge >= 0.3 is 82.6 Å². The SMILES string of the molecule is O=[Si]([O-])[O-].O=[Si]([O-])[O-].O=[Si]([O-])[O-].[Pr+3].[Pr+3]. The molecule has 9 nitrogen and oxygen atoms in total. The van der Waals surface area contributed by atoms with Gasteiger partial charge in [0.15, 0.2) is 0 Å². The normalized spacial score (nSPS) is 5.14. The van der Waals surface area contributed by atoms with Gasteiger partial charge in [0, 0.05) is 27.5 Å². The molecule has 0 aliphatic heterocycles. The average molecular weight is 510 g/mol. The largest absolute Gasteiger partial charge is 3.00 e. The Bertz CT molecular complexity index is 116. The summed E-state index contributed by atoms with van der Waals surface area (Å²) in [6.45, 7) is 0. The Hall–Kier alpha value is 1.58. The van der Waals surface area contributed by atoms with Crippen molar-refractivity contribution < 1.29 is 125 Å². The van der Waals surface area contributed by atoms with Crippen LogP contribution in [-0.4, -0.2) is 27.5 Å². The van der Waals surface area contributed by atoms with Gasteiger partial charge in [0.25, 0.3) is 0 Å². The van der Waals surface area contributed by atoms with Crippen LogP contribution in [0.25, 0.3) is 0 Å². The Kier molecular flexibility index (Phi) is 50.8. The van der Waals surface area contributed by atoms with Crippen LogP contribution in [0.2, 0.25) is 0 Å². The molecule has 0 saturated carbocycles. The zero-order valence-electron chi connectivity index (χ0n) is 6.33. The van der Waals surface area contributed by atoms with Crippen LogP contribution in [-0.2, 0) is 13.4 Å². The molecule has 0 spiro atoms. The van der Waals surface area contributed by atoms with E-state index >= 15 is 0 Å². The van der Waals surface area contributed by atoms with E-state index in [0.717, 1.165) is 0 Å². The fraction of sp³-hybridized carbons (Fsp3) is 0. The summed E-state index contributed by atoms with van der Waals surface area (Å²) >= 11 is 0. The van der Waals surface area contributed by atoms with Gasteiger partial charge in [-0.15, -0.1) is 0 Å². The number of hydrogen-bond donors (Lipinski definition) is 0. The minimum Gasteiger partial charge on any atom is -0.672 e. The molecule has 0 bridgehead atoms. The van der Waals surface area contributed by atoms with Gasteiger partial charge in [-0.3, -0.25) is 0 Å². The van der Waals surface area contributed by atoms with Crippen LogP contribution < -0.4 is 28.8 Å². The van der Waals surface area contributed by atoms with Gasteiger partial charge in [-0.25, -0.2) is 0 Å². The molecule has 0 saturated heterocycles. The van der Waals surface area contributed by atoms with E-state index in [1.54, 1.807) is 0 Å². The summed E-state index contributed by atoms with van der Waals surface area (Å²) in [5.74, 6) is 0. The standard InChI is InChI=1S/3O3Si.2Pr/c3*1-4(2)3;;/q3*-2;2*+3. The first kappa shape index (κ1) is 29.6. The van der Waals surface area contributed by atoms with E-state index in [-0.39, 0.29) is 82.6 Å². The van der Waals surface area contributed by atoms with Crippen LogP contribution in [0.4, 0.5) is 0 Å². The summed E-state index contributed by atoms with van der Waals surface area (Å²) in [4.78, 5) is 51.1. The summed E-state index contributed by atoms with van der Waals surface area (Å²) in [7, 11) is -10.9. The van der Waals surface area contributed by atoms with E-state index in [2.05, 4.69) is 0 Å². The van der Waals surface area contributed by atoms with E-state index in [1.807, 2.05) is 0 Å². The first-order valence-corrected chi connectivity index (χ1v) is 5.51. The number of rotatable bonds is 0. The van der Waals surface area contributed by atoms with Crippen molar-refractivity contribution in [2.75, 3.05) is 0 Å². The minimum absolute atomic E-state index is 0. The molecule has 0 radical (unpaired) electrons. The van der Waals surface area contributed by atoms with Crippen molar-refractivity contribution in [2.45, 2.75) is 0 Å². The second kappa shape index (κ2) is 24.0. The second-order valence-corrected chi connectivity index (χ2v) is 2.25. The van der Waals surface area contributed by atoms with Gasteiger partial charge in [-0.1, -0.05) is 0 Å². The van der Waals surface area contributed by atoms with E-state index in [1.165, 1.54) is 0 Å². The monoisotopic (exact) mass is 510 g/mol. The Morgan fingerprint density at radius 1 is 0.500 bits per heavy atom. The maximum Gasteiger partial charge on any atom is 3.00 e. The zero-order valence-corrected chi connectivity index (χ0v) is 16.7. The zero-order chi connectivity index (χ0) is 10.7. The summed E-state index contributed by atoms with van der Waals surface area (Å²) in [5.41, 5.74) is 0. The van der Waals surface area contributed by atoms with Crippen LogP contribution in [0.3, 0.4) is 0 Å². The fourth-order valence-corrected chi connectivity index (χ4v) is 0. The molecule has 14 heteroatoms. The Labute approximate surface area is 149 Å². The van der Waals surface area contributed by atoms with Gasteiger partial charge in [0.2, 0.25) is 0 Å². The van der Waals surface area contributed by atoms with Crippen LogP contribution in [0.5, 0.6) is 0 Å². The van der Waals surface area contributed by atoms with Crippen LogP contribution in [0.1, 0.15) is 0 Å². The average Bonchev–Trinajstić information content (AvgIpc) is 1.54. The minimum atomic E-state index is -3.63. The van der Waals surface area contributed by atoms with E-state index in [9.17, 15) is 0 Å². The molecular formula is O9Pr2Si3. The molecule has 0 N–H and O–H groups in total. The smallest absolute Gasteiger partial charge is 0.672 e. The van der Waals surface area contributed by atoms with Gasteiger partial charge in [0.1, 0.15) is 0 Å². The Balaban J connectivity index is -0.0000000270. The van der Waals surface area contributed by atoms with Gasteiger partial charge < -0.3 is 42.2 Å². The third-order valence-corrected chi connectivity index (χ3v) is 0. The van der Waals surface area contributed by atoms with Crippen molar-refractivity contribution in [3.8, 4) is 0 Å². The maximum atomic E-state index is 8.52. The summed E-state index contributed by atoms with van der Waals surface area (Å²) in [6, 6.07) is 0. The third-order valence-electron chi connectivity index (χ3n) is 0. The molecule has 0 aromatic carbocycles. The predicted octanol–water partition coefficient (Wildman–Crippen LogP) is -8.63. The predicted molar refractivity (Wildman–Crippen MR) is 19.3 cm³/mol. The Morgan fingerprint density at radius 3 is 0.500 bits per heavy atom. The molecule has 0 atom stereocenters. The molecule has 14 heavy (non-hydrogen) atoms. The molecule has 0 aromatic heterocycles. The van der Waals surface area contributed by atoms with E-state index in [0.29, 0.717) is 0 Å². The summed E-state index contributed by atoms with van der Waals surface area (Å²) < 4.78 is 25.6. The molecule has 0 unspecified atom stereocenters. The van der Waals surface area contributed by atoms with Crippen molar-refractivity contribution in [3.63, 3.8) is 0 Å².